The molecule has 2 N–H and O–H groups in total. The van der Waals surface area contributed by atoms with Crippen LogP contribution in [-0.2, 0) is 10.0 Å². The van der Waals surface area contributed by atoms with Gasteiger partial charge in [0.15, 0.2) is 0 Å². The van der Waals surface area contributed by atoms with Crippen LogP contribution in [0.25, 0.3) is 10.6 Å². The van der Waals surface area contributed by atoms with Crippen LogP contribution in [0.4, 0.5) is 11.4 Å². The van der Waals surface area contributed by atoms with Gasteiger partial charge in [-0.05, 0) is 37.1 Å². The number of hydrogen-bond donors (Lipinski definition) is 2. The second-order valence-corrected chi connectivity index (χ2v) is 10.5. The standard InChI is InChI=1S/C23H23N5O3S2/c1-33(30,31)27-18-9-11-28(12-10-18)21-8-3-2-7-19(21)25-22(29)20-15-32-23(26-20)17-6-4-5-16(13-17)14-24/h2-8,13,15,18,27H,9-12H2,1H3,(H,25,29). The van der Waals surface area contributed by atoms with Gasteiger partial charge in [0.25, 0.3) is 5.91 Å². The number of anilines is 2. The van der Waals surface area contributed by atoms with E-state index in [1.807, 2.05) is 30.3 Å². The maximum atomic E-state index is 12.9. The summed E-state index contributed by atoms with van der Waals surface area (Å²) in [5.74, 6) is -0.310. The molecule has 0 radical (unpaired) electrons. The summed E-state index contributed by atoms with van der Waals surface area (Å²) in [4.78, 5) is 19.5. The number of aromatic nitrogens is 1. The quantitative estimate of drug-likeness (QED) is 0.557. The summed E-state index contributed by atoms with van der Waals surface area (Å²) in [6.07, 6.45) is 2.55. The van der Waals surface area contributed by atoms with Gasteiger partial charge in [-0.1, -0.05) is 24.3 Å². The average molecular weight is 482 g/mol. The summed E-state index contributed by atoms with van der Waals surface area (Å²) in [5, 5.41) is 14.4. The highest BCUT2D eigenvalue weighted by Gasteiger charge is 2.24. The molecule has 1 amide bonds. The number of sulfonamides is 1. The predicted octanol–water partition coefficient (Wildman–Crippen LogP) is 3.45. The lowest BCUT2D eigenvalue weighted by molar-refractivity contribution is 0.102. The first-order valence-electron chi connectivity index (χ1n) is 10.4. The smallest absolute Gasteiger partial charge is 0.275 e. The molecule has 0 saturated carbocycles. The van der Waals surface area contributed by atoms with Gasteiger partial charge in [0.1, 0.15) is 10.7 Å². The lowest BCUT2D eigenvalue weighted by atomic mass is 10.0. The van der Waals surface area contributed by atoms with Gasteiger partial charge in [-0.3, -0.25) is 4.79 Å². The predicted molar refractivity (Wildman–Crippen MR) is 130 cm³/mol. The Balaban J connectivity index is 1.46. The minimum absolute atomic E-state index is 0.0778. The van der Waals surface area contributed by atoms with Gasteiger partial charge in [-0.2, -0.15) is 5.26 Å². The molecule has 10 heteroatoms. The molecule has 2 heterocycles. The molecule has 1 aliphatic heterocycles. The van der Waals surface area contributed by atoms with Crippen molar-refractivity contribution < 1.29 is 13.2 Å². The Bertz CT molecular complexity index is 1310. The zero-order chi connectivity index (χ0) is 23.4. The van der Waals surface area contributed by atoms with E-state index >= 15 is 0 Å². The van der Waals surface area contributed by atoms with Gasteiger partial charge in [0.05, 0.1) is 29.3 Å². The number of nitrogens with one attached hydrogen (secondary N) is 2. The first-order chi connectivity index (χ1) is 15.8. The molecule has 1 fully saturated rings. The van der Waals surface area contributed by atoms with E-state index < -0.39 is 10.0 Å². The lowest BCUT2D eigenvalue weighted by Crippen LogP contribution is -2.44. The van der Waals surface area contributed by atoms with E-state index in [1.54, 1.807) is 23.6 Å². The number of rotatable bonds is 6. The van der Waals surface area contributed by atoms with Gasteiger partial charge in [-0.25, -0.2) is 18.1 Å². The third kappa shape index (κ3) is 5.76. The number of hydrogen-bond acceptors (Lipinski definition) is 7. The van der Waals surface area contributed by atoms with Crippen LogP contribution in [0.3, 0.4) is 0 Å². The van der Waals surface area contributed by atoms with Gasteiger partial charge >= 0.3 is 0 Å². The molecule has 0 bridgehead atoms. The van der Waals surface area contributed by atoms with Crippen molar-refractivity contribution in [2.24, 2.45) is 0 Å². The third-order valence-electron chi connectivity index (χ3n) is 5.34. The van der Waals surface area contributed by atoms with Crippen molar-refractivity contribution in [1.29, 1.82) is 5.26 Å². The zero-order valence-corrected chi connectivity index (χ0v) is 19.6. The van der Waals surface area contributed by atoms with Crippen LogP contribution >= 0.6 is 11.3 Å². The normalized spacial score (nSPS) is 14.6. The second-order valence-electron chi connectivity index (χ2n) is 7.85. The number of nitriles is 1. The molecule has 3 aromatic rings. The summed E-state index contributed by atoms with van der Waals surface area (Å²) in [7, 11) is -3.23. The summed E-state index contributed by atoms with van der Waals surface area (Å²) in [6, 6.07) is 16.7. The Kier molecular flexibility index (Phi) is 6.74. The minimum Gasteiger partial charge on any atom is -0.370 e. The molecule has 0 unspecified atom stereocenters. The monoisotopic (exact) mass is 481 g/mol. The maximum absolute atomic E-state index is 12.9. The van der Waals surface area contributed by atoms with Crippen LogP contribution in [0.1, 0.15) is 28.9 Å². The minimum atomic E-state index is -3.23. The number of piperidine rings is 1. The molecule has 33 heavy (non-hydrogen) atoms. The highest BCUT2D eigenvalue weighted by molar-refractivity contribution is 7.88. The van der Waals surface area contributed by atoms with Crippen LogP contribution in [0.2, 0.25) is 0 Å². The van der Waals surface area contributed by atoms with Crippen LogP contribution in [-0.4, -0.2) is 44.7 Å². The Morgan fingerprint density at radius 3 is 2.67 bits per heavy atom. The summed E-state index contributed by atoms with van der Waals surface area (Å²) in [5.41, 5.74) is 3.21. The molecule has 0 spiro atoms. The van der Waals surface area contributed by atoms with E-state index in [4.69, 9.17) is 5.26 Å². The molecule has 2 aromatic carbocycles. The zero-order valence-electron chi connectivity index (χ0n) is 18.0. The van der Waals surface area contributed by atoms with Crippen molar-refractivity contribution >= 4 is 38.6 Å². The van der Waals surface area contributed by atoms with E-state index in [0.717, 1.165) is 11.3 Å². The molecule has 1 aliphatic rings. The largest absolute Gasteiger partial charge is 0.370 e. The van der Waals surface area contributed by atoms with Crippen molar-refractivity contribution in [1.82, 2.24) is 9.71 Å². The lowest BCUT2D eigenvalue weighted by Gasteiger charge is -2.34. The van der Waals surface area contributed by atoms with Gasteiger partial charge < -0.3 is 10.2 Å². The van der Waals surface area contributed by atoms with Crippen molar-refractivity contribution in [3.63, 3.8) is 0 Å². The van der Waals surface area contributed by atoms with E-state index in [9.17, 15) is 13.2 Å². The summed E-state index contributed by atoms with van der Waals surface area (Å²) in [6.45, 7) is 1.35. The second kappa shape index (κ2) is 9.70. The van der Waals surface area contributed by atoms with Crippen LogP contribution < -0.4 is 14.9 Å². The van der Waals surface area contributed by atoms with Gasteiger partial charge in [0, 0.05) is 30.1 Å². The summed E-state index contributed by atoms with van der Waals surface area (Å²) < 4.78 is 25.7. The third-order valence-corrected chi connectivity index (χ3v) is 7.00. The number of carbonyl (C=O) groups is 1. The van der Waals surface area contributed by atoms with Gasteiger partial charge in [0.2, 0.25) is 10.0 Å². The van der Waals surface area contributed by atoms with Crippen LogP contribution in [0, 0.1) is 11.3 Å². The van der Waals surface area contributed by atoms with Crippen LogP contribution in [0.15, 0.2) is 53.9 Å². The maximum Gasteiger partial charge on any atom is 0.275 e. The Morgan fingerprint density at radius 1 is 1.18 bits per heavy atom. The van der Waals surface area contributed by atoms with E-state index in [0.29, 0.717) is 47.9 Å². The molecule has 1 saturated heterocycles. The Hall–Kier alpha value is -3.26. The molecular weight excluding hydrogens is 458 g/mol. The number of carbonyl (C=O) groups excluding carboxylic acids is 1. The Labute approximate surface area is 196 Å². The first-order valence-corrected chi connectivity index (χ1v) is 13.2. The van der Waals surface area contributed by atoms with E-state index in [-0.39, 0.29) is 11.9 Å². The number of amides is 1. The number of para-hydroxylation sites is 2. The van der Waals surface area contributed by atoms with Crippen molar-refractivity contribution in [2.75, 3.05) is 29.6 Å². The fourth-order valence-electron chi connectivity index (χ4n) is 3.81. The SMILES string of the molecule is CS(=O)(=O)NC1CCN(c2ccccc2NC(=O)c2csc(-c3cccc(C#N)c3)n2)CC1. The number of benzene rings is 2. The number of thiazole rings is 1. The van der Waals surface area contributed by atoms with Crippen molar-refractivity contribution in [3.8, 4) is 16.6 Å². The molecule has 1 aromatic heterocycles. The topological polar surface area (TPSA) is 115 Å². The summed E-state index contributed by atoms with van der Waals surface area (Å²) >= 11 is 1.35. The van der Waals surface area contributed by atoms with E-state index in [1.165, 1.54) is 17.6 Å². The van der Waals surface area contributed by atoms with Crippen LogP contribution in [0.5, 0.6) is 0 Å². The molecule has 0 aliphatic carbocycles. The molecular formula is C23H23N5O3S2. The van der Waals surface area contributed by atoms with Gasteiger partial charge in [-0.15, -0.1) is 11.3 Å². The highest BCUT2D eigenvalue weighted by Crippen LogP contribution is 2.30. The molecule has 0 atom stereocenters. The fourth-order valence-corrected chi connectivity index (χ4v) is 5.45. The fraction of sp³-hybridized carbons (Fsp3) is 0.261. The average Bonchev–Trinajstić information content (AvgIpc) is 3.30. The first kappa shape index (κ1) is 22.9. The molecule has 8 nitrogen and oxygen atoms in total. The van der Waals surface area contributed by atoms with E-state index in [2.05, 4.69) is 26.0 Å². The molecule has 170 valence electrons. The van der Waals surface area contributed by atoms with Crippen molar-refractivity contribution in [2.45, 2.75) is 18.9 Å². The molecule has 4 rings (SSSR count). The van der Waals surface area contributed by atoms with Crippen molar-refractivity contribution in [3.05, 3.63) is 65.2 Å². The number of nitrogens with zero attached hydrogens (tertiary/aromatic N) is 3. The highest BCUT2D eigenvalue weighted by atomic mass is 32.2. The Morgan fingerprint density at radius 2 is 1.94 bits per heavy atom.